The van der Waals surface area contributed by atoms with Crippen molar-refractivity contribution in [3.8, 4) is 0 Å². The summed E-state index contributed by atoms with van der Waals surface area (Å²) in [5.74, 6) is 0. The second-order valence-corrected chi connectivity index (χ2v) is 17.9. The number of hydrogen-bond donors (Lipinski definition) is 0. The molecule has 0 aliphatic heterocycles. The first kappa shape index (κ1) is 56.8. The molecular weight excluding hydrogens is 639 g/mol. The van der Waals surface area contributed by atoms with Gasteiger partial charge in [0.15, 0.2) is 0 Å². The SMILES string of the molecule is C[N-]C.C[N-]C.C[N-]C.C[N-]C.C[N-]C.C[N-]C.C[Si](C)(C)[N-]c1cccc([N-][Si](C)(C)C)c1.[Zr+4].[Zr+4]. The molecule has 0 amide bonds. The van der Waals surface area contributed by atoms with Gasteiger partial charge in [-0.3, -0.25) is 0 Å². The van der Waals surface area contributed by atoms with E-state index in [0.717, 1.165) is 11.4 Å². The van der Waals surface area contributed by atoms with Crippen LogP contribution in [0.4, 0.5) is 11.4 Å². The van der Waals surface area contributed by atoms with Gasteiger partial charge in [0, 0.05) is 0 Å². The Morgan fingerprint density at radius 2 is 0.583 bits per heavy atom. The van der Waals surface area contributed by atoms with Crippen molar-refractivity contribution < 1.29 is 52.4 Å². The Morgan fingerprint density at radius 3 is 0.722 bits per heavy atom. The molecule has 1 aromatic rings. The minimum Gasteiger partial charge on any atom is -0.687 e. The summed E-state index contributed by atoms with van der Waals surface area (Å²) in [4.78, 5) is 9.55. The van der Waals surface area contributed by atoms with Crippen molar-refractivity contribution in [3.05, 3.63) is 66.1 Å². The summed E-state index contributed by atoms with van der Waals surface area (Å²) in [7, 11) is 18.2. The summed E-state index contributed by atoms with van der Waals surface area (Å²) in [5, 5.41) is 21.0. The quantitative estimate of drug-likeness (QED) is 0.280. The average Bonchev–Trinajstić information content (AvgIpc) is 2.63. The van der Waals surface area contributed by atoms with E-state index in [-0.39, 0.29) is 52.4 Å². The second-order valence-electron chi connectivity index (χ2n) is 8.77. The maximum atomic E-state index is 4.78. The summed E-state index contributed by atoms with van der Waals surface area (Å²) in [6.45, 7) is 13.5. The molecule has 0 saturated carbocycles. The van der Waals surface area contributed by atoms with Crippen molar-refractivity contribution in [1.29, 1.82) is 0 Å². The fourth-order valence-corrected chi connectivity index (χ4v) is 3.23. The summed E-state index contributed by atoms with van der Waals surface area (Å²) < 4.78 is 0. The van der Waals surface area contributed by atoms with E-state index < -0.39 is 16.5 Å². The molecule has 210 valence electrons. The summed E-state index contributed by atoms with van der Waals surface area (Å²) >= 11 is 0. The van der Waals surface area contributed by atoms with E-state index in [4.69, 9.17) is 9.96 Å². The molecule has 0 unspecified atom stereocenters. The van der Waals surface area contributed by atoms with E-state index in [0.29, 0.717) is 0 Å². The molecule has 0 atom stereocenters. The monoisotopic (exact) mass is 694 g/mol. The van der Waals surface area contributed by atoms with Crippen LogP contribution < -0.4 is 0 Å². The molecule has 0 heterocycles. The number of rotatable bonds is 4. The van der Waals surface area contributed by atoms with Crippen LogP contribution in [0.15, 0.2) is 24.3 Å². The van der Waals surface area contributed by atoms with Gasteiger partial charge in [-0.1, -0.05) is 63.5 Å². The van der Waals surface area contributed by atoms with E-state index in [1.165, 1.54) is 0 Å². The van der Waals surface area contributed by atoms with Gasteiger partial charge in [-0.25, -0.2) is 0 Å². The van der Waals surface area contributed by atoms with Gasteiger partial charge in [-0.05, 0) is 16.5 Å². The molecule has 1 rings (SSSR count). The van der Waals surface area contributed by atoms with E-state index in [2.05, 4.69) is 95.4 Å². The van der Waals surface area contributed by atoms with Crippen LogP contribution in [0.3, 0.4) is 0 Å². The van der Waals surface area contributed by atoms with Gasteiger partial charge < -0.3 is 41.9 Å². The molecular formula is C24H58N8Si2Zr2. The third kappa shape index (κ3) is 91.9. The van der Waals surface area contributed by atoms with Gasteiger partial charge >= 0.3 is 52.4 Å². The first-order chi connectivity index (χ1) is 15.6. The summed E-state index contributed by atoms with van der Waals surface area (Å²) in [6, 6.07) is 8.30. The first-order valence-electron chi connectivity index (χ1n) is 11.1. The zero-order valence-corrected chi connectivity index (χ0v) is 33.8. The van der Waals surface area contributed by atoms with Crippen molar-refractivity contribution in [1.82, 2.24) is 0 Å². The van der Waals surface area contributed by atoms with Crippen LogP contribution in [0.2, 0.25) is 39.3 Å². The predicted octanol–water partition coefficient (Wildman–Crippen LogP) is 9.08. The normalized spacial score (nSPS) is 8.50. The van der Waals surface area contributed by atoms with Crippen LogP contribution in [-0.4, -0.2) is 101 Å². The number of nitrogens with zero attached hydrogens (tertiary/aromatic N) is 8. The van der Waals surface area contributed by atoms with E-state index >= 15 is 0 Å². The van der Waals surface area contributed by atoms with Gasteiger partial charge in [0.25, 0.3) is 0 Å². The van der Waals surface area contributed by atoms with Crippen molar-refractivity contribution >= 4 is 27.8 Å². The Labute approximate surface area is 268 Å². The van der Waals surface area contributed by atoms with E-state index in [9.17, 15) is 0 Å². The van der Waals surface area contributed by atoms with Crippen LogP contribution in [-0.2, 0) is 52.4 Å². The molecule has 12 heteroatoms. The number of benzene rings is 1. The molecule has 0 aromatic heterocycles. The minimum absolute atomic E-state index is 0. The Morgan fingerprint density at radius 1 is 0.417 bits per heavy atom. The zero-order valence-electron chi connectivity index (χ0n) is 26.9. The van der Waals surface area contributed by atoms with Crippen molar-refractivity contribution in [3.63, 3.8) is 0 Å². The second kappa shape index (κ2) is 45.7. The maximum absolute atomic E-state index is 4.78. The van der Waals surface area contributed by atoms with Gasteiger partial charge in [-0.2, -0.15) is 84.6 Å². The predicted molar refractivity (Wildman–Crippen MR) is 170 cm³/mol. The van der Waals surface area contributed by atoms with Gasteiger partial charge in [0.05, 0.1) is 0 Å². The third-order valence-corrected chi connectivity index (χ3v) is 3.62. The third-order valence-electron chi connectivity index (χ3n) is 1.76. The molecule has 0 aliphatic carbocycles. The van der Waals surface area contributed by atoms with Crippen molar-refractivity contribution in [2.75, 3.05) is 84.6 Å². The average molecular weight is 697 g/mol. The van der Waals surface area contributed by atoms with Gasteiger partial charge in [0.1, 0.15) is 0 Å². The largest absolute Gasteiger partial charge is 4.00 e. The molecule has 8 nitrogen and oxygen atoms in total. The molecule has 0 bridgehead atoms. The molecule has 0 saturated heterocycles. The molecule has 0 fully saturated rings. The van der Waals surface area contributed by atoms with E-state index in [1.807, 2.05) is 0 Å². The molecule has 0 N–H and O–H groups in total. The smallest absolute Gasteiger partial charge is 0.687 e. The topological polar surface area (TPSA) is 113 Å². The van der Waals surface area contributed by atoms with Gasteiger partial charge in [0.2, 0.25) is 0 Å². The van der Waals surface area contributed by atoms with E-state index in [1.54, 1.807) is 84.6 Å². The molecule has 0 aliphatic rings. The van der Waals surface area contributed by atoms with Crippen LogP contribution in [0.1, 0.15) is 0 Å². The van der Waals surface area contributed by atoms with Crippen molar-refractivity contribution in [2.45, 2.75) is 39.3 Å². The maximum Gasteiger partial charge on any atom is 4.00 e. The van der Waals surface area contributed by atoms with Crippen molar-refractivity contribution in [2.24, 2.45) is 0 Å². The van der Waals surface area contributed by atoms with Crippen LogP contribution in [0.5, 0.6) is 0 Å². The summed E-state index contributed by atoms with van der Waals surface area (Å²) in [6.07, 6.45) is 0. The molecule has 1 aromatic carbocycles. The molecule has 36 heavy (non-hydrogen) atoms. The van der Waals surface area contributed by atoms with Gasteiger partial charge in [-0.15, -0.1) is 11.4 Å². The Kier molecular flexibility index (Phi) is 72.1. The molecule has 0 radical (unpaired) electrons. The first-order valence-corrected chi connectivity index (χ1v) is 18.0. The summed E-state index contributed by atoms with van der Waals surface area (Å²) in [5.41, 5.74) is 2.16. The van der Waals surface area contributed by atoms with Crippen LogP contribution >= 0.6 is 0 Å². The Bertz CT molecular complexity index is 416. The standard InChI is InChI=1S/C12H22N2Si2.6C2H6N.2Zr/c1-15(2,3)13-11-8-7-9-12(10-11)14-16(4,5)6;6*1-3-2;;/h7-10H,1-6H3;6*1-2H3;;/q-2;6*-1;2*+4. The Hall–Kier alpha value is 0.780. The number of hydrogen-bond acceptors (Lipinski definition) is 0. The molecule has 0 spiro atoms. The fourth-order valence-electron chi connectivity index (χ4n) is 1.41. The fraction of sp³-hybridized carbons (Fsp3) is 0.750. The van der Waals surface area contributed by atoms with Crippen LogP contribution in [0, 0.1) is 0 Å². The Balaban J connectivity index is -0.0000000543. The minimum atomic E-state index is -1.38. The van der Waals surface area contributed by atoms with Crippen LogP contribution in [0.25, 0.3) is 41.9 Å². The zero-order chi connectivity index (χ0) is 28.6.